The maximum absolute atomic E-state index is 12.3. The number of aromatic nitrogens is 1. The second kappa shape index (κ2) is 13.2. The number of carbonyl (C=O) groups excluding carboxylic acids is 1. The largest absolute Gasteiger partial charge is 0.407 e. The molecule has 0 amide bonds. The van der Waals surface area contributed by atoms with Crippen molar-refractivity contribution in [1.82, 2.24) is 4.98 Å². The number of rotatable bonds is 13. The number of benzene rings is 2. The zero-order chi connectivity index (χ0) is 25.2. The SMILES string of the molecule is CC(C)(C)[Si](OCCCCCCC(=O)CCc1cccnc1Cl)(c1ccccc1)c1ccccc1. The van der Waals surface area contributed by atoms with Gasteiger partial charge in [-0.3, -0.25) is 4.79 Å². The minimum Gasteiger partial charge on any atom is -0.407 e. The Morgan fingerprint density at radius 1 is 0.829 bits per heavy atom. The van der Waals surface area contributed by atoms with Gasteiger partial charge in [-0.15, -0.1) is 0 Å². The minimum absolute atomic E-state index is 0.000699. The normalized spacial score (nSPS) is 12.0. The van der Waals surface area contributed by atoms with E-state index in [9.17, 15) is 4.79 Å². The average Bonchev–Trinajstić information content (AvgIpc) is 2.85. The molecule has 2 aromatic carbocycles. The molecule has 1 heterocycles. The first-order chi connectivity index (χ1) is 16.8. The van der Waals surface area contributed by atoms with Crippen molar-refractivity contribution >= 4 is 36.1 Å². The van der Waals surface area contributed by atoms with Crippen LogP contribution < -0.4 is 10.4 Å². The van der Waals surface area contributed by atoms with E-state index in [0.717, 1.165) is 37.9 Å². The summed E-state index contributed by atoms with van der Waals surface area (Å²) >= 11 is 6.09. The highest BCUT2D eigenvalue weighted by atomic mass is 35.5. The first-order valence-electron chi connectivity index (χ1n) is 12.7. The number of aryl methyl sites for hydroxylation is 1. The second-order valence-corrected chi connectivity index (χ2v) is 14.8. The average molecular weight is 508 g/mol. The molecule has 3 rings (SSSR count). The van der Waals surface area contributed by atoms with Gasteiger partial charge in [-0.1, -0.05) is 112 Å². The van der Waals surface area contributed by atoms with E-state index in [1.807, 2.05) is 12.1 Å². The quantitative estimate of drug-likeness (QED) is 0.146. The second-order valence-electron chi connectivity index (χ2n) is 10.2. The van der Waals surface area contributed by atoms with E-state index in [1.165, 1.54) is 10.4 Å². The molecule has 0 aliphatic carbocycles. The molecule has 186 valence electrons. The molecule has 0 unspecified atom stereocenters. The molecule has 0 N–H and O–H groups in total. The summed E-state index contributed by atoms with van der Waals surface area (Å²) in [5, 5.41) is 3.14. The predicted molar refractivity (Wildman–Crippen MR) is 149 cm³/mol. The summed E-state index contributed by atoms with van der Waals surface area (Å²) in [7, 11) is -2.45. The Morgan fingerprint density at radius 2 is 1.43 bits per heavy atom. The minimum atomic E-state index is -2.45. The number of halogens is 1. The summed E-state index contributed by atoms with van der Waals surface area (Å²) in [6.07, 6.45) is 7.55. The van der Waals surface area contributed by atoms with E-state index < -0.39 is 8.32 Å². The lowest BCUT2D eigenvalue weighted by Gasteiger charge is -2.43. The Bertz CT molecular complexity index is 1010. The highest BCUT2D eigenvalue weighted by molar-refractivity contribution is 6.99. The summed E-state index contributed by atoms with van der Waals surface area (Å²) in [5.41, 5.74) is 0.947. The van der Waals surface area contributed by atoms with Crippen molar-refractivity contribution in [3.05, 3.63) is 89.7 Å². The van der Waals surface area contributed by atoms with Crippen LogP contribution in [0.5, 0.6) is 0 Å². The maximum atomic E-state index is 12.3. The molecule has 0 atom stereocenters. The molecular formula is C30H38ClNO2Si. The molecule has 0 bridgehead atoms. The van der Waals surface area contributed by atoms with Crippen LogP contribution in [0.1, 0.15) is 64.9 Å². The Morgan fingerprint density at radius 3 is 2.00 bits per heavy atom. The maximum Gasteiger partial charge on any atom is 0.261 e. The Hall–Kier alpha value is -2.27. The van der Waals surface area contributed by atoms with Gasteiger partial charge in [0.15, 0.2) is 0 Å². The fraction of sp³-hybridized carbons (Fsp3) is 0.400. The van der Waals surface area contributed by atoms with Crippen molar-refractivity contribution in [2.45, 2.75) is 70.8 Å². The molecule has 0 saturated heterocycles. The van der Waals surface area contributed by atoms with Gasteiger partial charge in [0.25, 0.3) is 8.32 Å². The third-order valence-electron chi connectivity index (χ3n) is 6.59. The van der Waals surface area contributed by atoms with Gasteiger partial charge in [0.05, 0.1) is 0 Å². The number of Topliss-reactive ketones (excluding diaryl/α,β-unsaturated/α-hetero) is 1. The molecule has 0 fully saturated rings. The van der Waals surface area contributed by atoms with Crippen LogP contribution in [0.4, 0.5) is 0 Å². The molecule has 35 heavy (non-hydrogen) atoms. The van der Waals surface area contributed by atoms with Crippen LogP contribution in [-0.2, 0) is 15.6 Å². The number of hydrogen-bond acceptors (Lipinski definition) is 3. The molecule has 1 aromatic heterocycles. The number of hydrogen-bond donors (Lipinski definition) is 0. The van der Waals surface area contributed by atoms with Gasteiger partial charge >= 0.3 is 0 Å². The smallest absolute Gasteiger partial charge is 0.261 e. The van der Waals surface area contributed by atoms with Gasteiger partial charge in [0, 0.05) is 25.6 Å². The van der Waals surface area contributed by atoms with Crippen LogP contribution in [0.15, 0.2) is 79.0 Å². The zero-order valence-electron chi connectivity index (χ0n) is 21.3. The number of ketones is 1. The van der Waals surface area contributed by atoms with E-state index >= 15 is 0 Å². The predicted octanol–water partition coefficient (Wildman–Crippen LogP) is 6.76. The lowest BCUT2D eigenvalue weighted by atomic mass is 10.0. The summed E-state index contributed by atoms with van der Waals surface area (Å²) < 4.78 is 6.95. The molecule has 3 aromatic rings. The summed E-state index contributed by atoms with van der Waals surface area (Å²) in [4.78, 5) is 16.4. The first-order valence-corrected chi connectivity index (χ1v) is 15.0. The summed E-state index contributed by atoms with van der Waals surface area (Å²) in [5.74, 6) is 0.300. The Balaban J connectivity index is 1.50. The third kappa shape index (κ3) is 7.36. The van der Waals surface area contributed by atoms with Crippen LogP contribution >= 0.6 is 11.6 Å². The monoisotopic (exact) mass is 507 g/mol. The van der Waals surface area contributed by atoms with E-state index in [4.69, 9.17) is 16.0 Å². The van der Waals surface area contributed by atoms with Crippen LogP contribution in [0.2, 0.25) is 10.2 Å². The number of nitrogens with zero attached hydrogens (tertiary/aromatic N) is 1. The molecule has 0 aliphatic rings. The van der Waals surface area contributed by atoms with E-state index in [1.54, 1.807) is 6.20 Å². The van der Waals surface area contributed by atoms with E-state index in [0.29, 0.717) is 30.2 Å². The van der Waals surface area contributed by atoms with Crippen molar-refractivity contribution in [1.29, 1.82) is 0 Å². The van der Waals surface area contributed by atoms with Crippen molar-refractivity contribution in [3.63, 3.8) is 0 Å². The van der Waals surface area contributed by atoms with E-state index in [2.05, 4.69) is 86.4 Å². The van der Waals surface area contributed by atoms with E-state index in [-0.39, 0.29) is 5.04 Å². The van der Waals surface area contributed by atoms with Crippen molar-refractivity contribution in [2.24, 2.45) is 0 Å². The molecular weight excluding hydrogens is 470 g/mol. The number of unbranched alkanes of at least 4 members (excludes halogenated alkanes) is 3. The van der Waals surface area contributed by atoms with Crippen molar-refractivity contribution < 1.29 is 9.22 Å². The number of pyridine rings is 1. The van der Waals surface area contributed by atoms with Crippen molar-refractivity contribution in [2.75, 3.05) is 6.61 Å². The summed E-state index contributed by atoms with van der Waals surface area (Å²) in [6, 6.07) is 25.3. The van der Waals surface area contributed by atoms with Gasteiger partial charge in [-0.25, -0.2) is 4.98 Å². The highest BCUT2D eigenvalue weighted by Gasteiger charge is 2.49. The Kier molecular flexibility index (Phi) is 10.3. The fourth-order valence-corrected chi connectivity index (χ4v) is 9.59. The standard InChI is InChI=1S/C30H38ClNO2Si/c1-30(2,3)35(27-17-9-6-10-18-27,28-19-11-7-12-20-28)34-24-13-5-4-8-16-26(33)22-21-25-15-14-23-32-29(25)31/h6-7,9-12,14-15,17-20,23H,4-5,8,13,16,21-22,24H2,1-3H3. The first kappa shape index (κ1) is 27.3. The number of carbonyl (C=O) groups is 1. The van der Waals surface area contributed by atoms with Crippen LogP contribution in [-0.4, -0.2) is 25.7 Å². The van der Waals surface area contributed by atoms with Gasteiger partial charge in [0.2, 0.25) is 0 Å². The molecule has 3 nitrogen and oxygen atoms in total. The van der Waals surface area contributed by atoms with Gasteiger partial charge in [-0.05, 0) is 46.3 Å². The van der Waals surface area contributed by atoms with Gasteiger partial charge < -0.3 is 4.43 Å². The third-order valence-corrected chi connectivity index (χ3v) is 12.0. The van der Waals surface area contributed by atoms with Crippen LogP contribution in [0, 0.1) is 0 Å². The highest BCUT2D eigenvalue weighted by Crippen LogP contribution is 2.36. The fourth-order valence-electron chi connectivity index (χ4n) is 4.77. The Labute approximate surface area is 217 Å². The summed E-state index contributed by atoms with van der Waals surface area (Å²) in [6.45, 7) is 7.66. The molecule has 0 saturated carbocycles. The van der Waals surface area contributed by atoms with Crippen molar-refractivity contribution in [3.8, 4) is 0 Å². The van der Waals surface area contributed by atoms with Gasteiger partial charge in [-0.2, -0.15) is 0 Å². The molecule has 0 spiro atoms. The topological polar surface area (TPSA) is 39.2 Å². The van der Waals surface area contributed by atoms with Gasteiger partial charge in [0.1, 0.15) is 10.9 Å². The van der Waals surface area contributed by atoms with Crippen LogP contribution in [0.3, 0.4) is 0 Å². The molecule has 5 heteroatoms. The zero-order valence-corrected chi connectivity index (χ0v) is 23.1. The van der Waals surface area contributed by atoms with Crippen LogP contribution in [0.25, 0.3) is 0 Å². The molecule has 0 radical (unpaired) electrons. The lowest BCUT2D eigenvalue weighted by Crippen LogP contribution is -2.66. The lowest BCUT2D eigenvalue weighted by molar-refractivity contribution is -0.119. The molecule has 0 aliphatic heterocycles.